The second-order valence-corrected chi connectivity index (χ2v) is 8.36. The molecule has 164 valence electrons. The van der Waals surface area contributed by atoms with Crippen molar-refractivity contribution in [1.82, 2.24) is 9.88 Å². The number of rotatable bonds is 5. The summed E-state index contributed by atoms with van der Waals surface area (Å²) in [4.78, 5) is 9.35. The molecule has 1 aliphatic rings. The largest absolute Gasteiger partial charge is 0.494 e. The Morgan fingerprint density at radius 3 is 2.68 bits per heavy atom. The fourth-order valence-corrected chi connectivity index (χ4v) is 4.43. The lowest BCUT2D eigenvalue weighted by Gasteiger charge is -2.27. The summed E-state index contributed by atoms with van der Waals surface area (Å²) in [5, 5.41) is 1.11. The minimum Gasteiger partial charge on any atom is -0.494 e. The third kappa shape index (κ3) is 4.64. The number of alkyl halides is 2. The summed E-state index contributed by atoms with van der Waals surface area (Å²) in [6.07, 6.45) is 2.80. The minimum atomic E-state index is -2.82. The van der Waals surface area contributed by atoms with Gasteiger partial charge in [-0.1, -0.05) is 24.3 Å². The quantitative estimate of drug-likeness (QED) is 0.549. The number of anilines is 1. The Labute approximate surface area is 182 Å². The molecule has 0 atom stereocenters. The first-order valence-electron chi connectivity index (χ1n) is 10.7. The van der Waals surface area contributed by atoms with Gasteiger partial charge in [-0.3, -0.25) is 9.88 Å². The molecule has 0 bridgehead atoms. The van der Waals surface area contributed by atoms with Crippen molar-refractivity contribution in [2.24, 2.45) is 0 Å². The van der Waals surface area contributed by atoms with Crippen LogP contribution in [0, 0.1) is 6.92 Å². The number of pyridine rings is 1. The van der Waals surface area contributed by atoms with Gasteiger partial charge in [0, 0.05) is 56.8 Å². The van der Waals surface area contributed by atoms with Gasteiger partial charge in [0.1, 0.15) is 11.4 Å². The predicted octanol–water partition coefficient (Wildman–Crippen LogP) is 5.38. The zero-order valence-electron chi connectivity index (χ0n) is 18.4. The first-order chi connectivity index (χ1) is 14.9. The second kappa shape index (κ2) is 8.79. The van der Waals surface area contributed by atoms with E-state index in [4.69, 9.17) is 4.74 Å². The summed E-state index contributed by atoms with van der Waals surface area (Å²) in [5.74, 6) is -1.95. The minimum absolute atomic E-state index is 0.0727. The lowest BCUT2D eigenvalue weighted by atomic mass is 10.1. The number of benzene rings is 2. The lowest BCUT2D eigenvalue weighted by molar-refractivity contribution is 0.0173. The van der Waals surface area contributed by atoms with Crippen molar-refractivity contribution in [2.45, 2.75) is 32.7 Å². The van der Waals surface area contributed by atoms with E-state index >= 15 is 0 Å². The van der Waals surface area contributed by atoms with Gasteiger partial charge in [0.05, 0.1) is 12.6 Å². The van der Waals surface area contributed by atoms with Crippen molar-refractivity contribution in [2.75, 3.05) is 38.2 Å². The van der Waals surface area contributed by atoms with Gasteiger partial charge in [-0.2, -0.15) is 0 Å². The molecule has 0 spiro atoms. The highest BCUT2D eigenvalue weighted by Crippen LogP contribution is 2.38. The molecule has 0 saturated carbocycles. The summed E-state index contributed by atoms with van der Waals surface area (Å²) in [6.45, 7) is 7.17. The second-order valence-electron chi connectivity index (χ2n) is 8.36. The molecule has 2 heterocycles. The van der Waals surface area contributed by atoms with Crippen LogP contribution in [0.15, 0.2) is 48.7 Å². The van der Waals surface area contributed by atoms with E-state index < -0.39 is 5.92 Å². The van der Waals surface area contributed by atoms with Gasteiger partial charge in [0.2, 0.25) is 0 Å². The molecule has 0 radical (unpaired) electrons. The van der Waals surface area contributed by atoms with Crippen LogP contribution < -0.4 is 9.64 Å². The maximum Gasteiger partial charge on any atom is 0.270 e. The van der Waals surface area contributed by atoms with Crippen LogP contribution in [0.4, 0.5) is 14.5 Å². The molecule has 2 aromatic carbocycles. The molecule has 31 heavy (non-hydrogen) atoms. The number of aromatic nitrogens is 1. The molecule has 1 aromatic heterocycles. The average molecular weight is 426 g/mol. The first kappa shape index (κ1) is 21.5. The molecule has 0 N–H and O–H groups in total. The number of fused-ring (bicyclic) bond motifs is 1. The third-order valence-corrected chi connectivity index (χ3v) is 5.96. The summed E-state index contributed by atoms with van der Waals surface area (Å²) < 4.78 is 33.2. The number of ether oxygens (including phenoxy) is 1. The van der Waals surface area contributed by atoms with Crippen LogP contribution in [0.5, 0.6) is 5.75 Å². The summed E-state index contributed by atoms with van der Waals surface area (Å²) >= 11 is 0. The maximum absolute atomic E-state index is 13.7. The normalized spacial score (nSPS) is 15.8. The average Bonchev–Trinajstić information content (AvgIpc) is 2.97. The number of aryl methyl sites for hydroxylation is 1. The van der Waals surface area contributed by atoms with E-state index in [2.05, 4.69) is 33.8 Å². The Balaban J connectivity index is 1.56. The summed E-state index contributed by atoms with van der Waals surface area (Å²) in [7, 11) is 1.71. The van der Waals surface area contributed by atoms with E-state index in [-0.39, 0.29) is 5.56 Å². The Kier molecular flexibility index (Phi) is 6.10. The van der Waals surface area contributed by atoms with E-state index in [1.54, 1.807) is 19.2 Å². The number of hydrogen-bond acceptors (Lipinski definition) is 4. The monoisotopic (exact) mass is 425 g/mol. The van der Waals surface area contributed by atoms with Crippen molar-refractivity contribution < 1.29 is 13.5 Å². The van der Waals surface area contributed by atoms with Crippen molar-refractivity contribution in [3.63, 3.8) is 0 Å². The van der Waals surface area contributed by atoms with Gasteiger partial charge in [-0.25, -0.2) is 8.78 Å². The highest BCUT2D eigenvalue weighted by atomic mass is 19.3. The number of halogens is 2. The fourth-order valence-electron chi connectivity index (χ4n) is 4.43. The molecule has 1 aliphatic heterocycles. The molecule has 4 nitrogen and oxygen atoms in total. The molecule has 1 saturated heterocycles. The highest BCUT2D eigenvalue weighted by Gasteiger charge is 2.25. The van der Waals surface area contributed by atoms with Crippen LogP contribution >= 0.6 is 0 Å². The molecule has 6 heteroatoms. The van der Waals surface area contributed by atoms with Crippen LogP contribution in [0.25, 0.3) is 10.9 Å². The van der Waals surface area contributed by atoms with E-state index in [0.717, 1.165) is 73.0 Å². The fraction of sp³-hybridized carbons (Fsp3) is 0.400. The molecular weight excluding hydrogens is 396 g/mol. The van der Waals surface area contributed by atoms with Crippen molar-refractivity contribution in [3.8, 4) is 5.75 Å². The van der Waals surface area contributed by atoms with Gasteiger partial charge in [-0.05, 0) is 42.7 Å². The molecule has 0 amide bonds. The first-order valence-corrected chi connectivity index (χ1v) is 10.7. The van der Waals surface area contributed by atoms with Gasteiger partial charge >= 0.3 is 0 Å². The standard InChI is InChI=1S/C25H29F2N3O/c1-18-15-20-8-5-10-28-22(20)23(24(18)31-3)30-12-6-11-29(13-14-30)17-19-7-4-9-21(16-19)25(2,26)27/h4-5,7-10,15-16H,6,11-14,17H2,1-3H3. The van der Waals surface area contributed by atoms with Crippen molar-refractivity contribution in [3.05, 3.63) is 65.4 Å². The SMILES string of the molecule is COc1c(C)cc2cccnc2c1N1CCCN(Cc2cccc(C(C)(F)F)c2)CC1. The van der Waals surface area contributed by atoms with E-state index in [1.165, 1.54) is 6.07 Å². The van der Waals surface area contributed by atoms with Gasteiger partial charge in [0.25, 0.3) is 5.92 Å². The highest BCUT2D eigenvalue weighted by molar-refractivity contribution is 5.95. The van der Waals surface area contributed by atoms with Crippen LogP contribution in [-0.2, 0) is 12.5 Å². The maximum atomic E-state index is 13.7. The smallest absolute Gasteiger partial charge is 0.270 e. The Hall–Kier alpha value is -2.73. The van der Waals surface area contributed by atoms with Crippen LogP contribution in [0.3, 0.4) is 0 Å². The summed E-state index contributed by atoms with van der Waals surface area (Å²) in [5.41, 5.74) is 4.09. The number of hydrogen-bond donors (Lipinski definition) is 0. The predicted molar refractivity (Wildman–Crippen MR) is 121 cm³/mol. The van der Waals surface area contributed by atoms with Crippen LogP contribution in [0.2, 0.25) is 0 Å². The third-order valence-electron chi connectivity index (χ3n) is 5.96. The van der Waals surface area contributed by atoms with Crippen molar-refractivity contribution in [1.29, 1.82) is 0 Å². The van der Waals surface area contributed by atoms with E-state index in [9.17, 15) is 8.78 Å². The van der Waals surface area contributed by atoms with E-state index in [0.29, 0.717) is 6.54 Å². The Morgan fingerprint density at radius 2 is 1.90 bits per heavy atom. The van der Waals surface area contributed by atoms with E-state index in [1.807, 2.05) is 18.3 Å². The van der Waals surface area contributed by atoms with Crippen molar-refractivity contribution >= 4 is 16.6 Å². The Morgan fingerprint density at radius 1 is 1.06 bits per heavy atom. The molecule has 0 unspecified atom stereocenters. The topological polar surface area (TPSA) is 28.6 Å². The number of nitrogens with zero attached hydrogens (tertiary/aromatic N) is 3. The van der Waals surface area contributed by atoms with Gasteiger partial charge in [-0.15, -0.1) is 0 Å². The molecular formula is C25H29F2N3O. The summed E-state index contributed by atoms with van der Waals surface area (Å²) in [6, 6.07) is 12.9. The molecule has 4 rings (SSSR count). The molecule has 1 fully saturated rings. The van der Waals surface area contributed by atoms with Crippen LogP contribution in [-0.4, -0.2) is 43.2 Å². The van der Waals surface area contributed by atoms with Gasteiger partial charge in [0.15, 0.2) is 0 Å². The number of methoxy groups -OCH3 is 1. The van der Waals surface area contributed by atoms with Crippen LogP contribution in [0.1, 0.15) is 30.0 Å². The Bertz CT molecular complexity index is 1060. The lowest BCUT2D eigenvalue weighted by Crippen LogP contribution is -2.31. The zero-order chi connectivity index (χ0) is 22.0. The molecule has 0 aliphatic carbocycles. The zero-order valence-corrected chi connectivity index (χ0v) is 18.4. The molecule has 3 aromatic rings. The van der Waals surface area contributed by atoms with Gasteiger partial charge < -0.3 is 9.64 Å².